The molecule has 0 saturated carbocycles. The highest BCUT2D eigenvalue weighted by atomic mass is 16.4. The molecule has 0 rings (SSSR count). The predicted octanol–water partition coefficient (Wildman–Crippen LogP) is -0.835. The summed E-state index contributed by atoms with van der Waals surface area (Å²) < 4.78 is 0. The van der Waals surface area contributed by atoms with E-state index in [0.29, 0.717) is 6.42 Å². The lowest BCUT2D eigenvalue weighted by molar-refractivity contribution is -0.129. The van der Waals surface area contributed by atoms with E-state index >= 15 is 0 Å². The molecule has 22 heavy (non-hydrogen) atoms. The van der Waals surface area contributed by atoms with E-state index in [1.165, 1.54) is 6.92 Å². The number of carbonyl (C=O) groups excluding carboxylic acids is 3. The van der Waals surface area contributed by atoms with E-state index in [4.69, 9.17) is 10.8 Å². The number of primary amides is 1. The Balaban J connectivity index is 4.50. The largest absolute Gasteiger partial charge is 0.465 e. The van der Waals surface area contributed by atoms with Crippen LogP contribution in [0.5, 0.6) is 0 Å². The molecule has 4 amide bonds. The molecule has 0 heterocycles. The van der Waals surface area contributed by atoms with E-state index < -0.39 is 29.9 Å². The number of hydrogen-bond acceptors (Lipinski definition) is 4. The summed E-state index contributed by atoms with van der Waals surface area (Å²) in [7, 11) is 0. The molecule has 0 aliphatic carbocycles. The predicted molar refractivity (Wildman–Crippen MR) is 78.8 cm³/mol. The molecular weight excluding hydrogens is 292 g/mol. The molecular formula is C13H24N4O5. The molecule has 0 aromatic carbocycles. The summed E-state index contributed by atoms with van der Waals surface area (Å²) in [4.78, 5) is 44.6. The van der Waals surface area contributed by atoms with Gasteiger partial charge in [0, 0.05) is 25.4 Å². The Morgan fingerprint density at radius 3 is 2.18 bits per heavy atom. The average molecular weight is 316 g/mol. The lowest BCUT2D eigenvalue weighted by atomic mass is 10.0. The third kappa shape index (κ3) is 8.77. The van der Waals surface area contributed by atoms with Gasteiger partial charge in [0.1, 0.15) is 6.04 Å². The number of nitrogens with one attached hydrogen (secondary N) is 3. The highest BCUT2D eigenvalue weighted by Gasteiger charge is 2.22. The maximum Gasteiger partial charge on any atom is 0.404 e. The molecule has 0 bridgehead atoms. The highest BCUT2D eigenvalue weighted by Crippen LogP contribution is 2.05. The first-order valence-corrected chi connectivity index (χ1v) is 6.97. The molecule has 0 spiro atoms. The molecule has 0 unspecified atom stereocenters. The van der Waals surface area contributed by atoms with E-state index in [2.05, 4.69) is 16.0 Å². The standard InChI is InChI=1S/C13H24N4O5/c1-7(11(14)19)6-8(2)16-12(20)10(17-9(3)18)4-5-15-13(21)22/h7-8,10,15H,4-6H2,1-3H3,(H2,14,19)(H,16,20)(H,17,18)(H,21,22)/t7-,8-,10-/m0/s1. The zero-order chi connectivity index (χ0) is 17.3. The maximum atomic E-state index is 12.1. The lowest BCUT2D eigenvalue weighted by Crippen LogP contribution is -2.50. The Morgan fingerprint density at radius 2 is 1.73 bits per heavy atom. The van der Waals surface area contributed by atoms with Gasteiger partial charge in [0.05, 0.1) is 0 Å². The summed E-state index contributed by atoms with van der Waals surface area (Å²) in [5.41, 5.74) is 5.16. The summed E-state index contributed by atoms with van der Waals surface area (Å²) in [5, 5.41) is 15.8. The van der Waals surface area contributed by atoms with Crippen LogP contribution in [0, 0.1) is 5.92 Å². The Labute approximate surface area is 129 Å². The number of carboxylic acid groups (broad SMARTS) is 1. The van der Waals surface area contributed by atoms with Crippen LogP contribution in [-0.4, -0.2) is 47.5 Å². The van der Waals surface area contributed by atoms with Crippen LogP contribution in [0.3, 0.4) is 0 Å². The molecule has 9 nitrogen and oxygen atoms in total. The van der Waals surface area contributed by atoms with E-state index in [1.54, 1.807) is 13.8 Å². The van der Waals surface area contributed by atoms with Crippen LogP contribution in [0.4, 0.5) is 4.79 Å². The van der Waals surface area contributed by atoms with Crippen molar-refractivity contribution in [3.8, 4) is 0 Å². The summed E-state index contributed by atoms with van der Waals surface area (Å²) in [5.74, 6) is -1.67. The van der Waals surface area contributed by atoms with E-state index in [0.717, 1.165) is 0 Å². The molecule has 126 valence electrons. The van der Waals surface area contributed by atoms with E-state index in [9.17, 15) is 19.2 Å². The molecule has 0 aromatic rings. The molecule has 0 aliphatic heterocycles. The Bertz CT molecular complexity index is 427. The van der Waals surface area contributed by atoms with Crippen LogP contribution in [0.1, 0.15) is 33.6 Å². The summed E-state index contributed by atoms with van der Waals surface area (Å²) in [6.07, 6.45) is -0.706. The smallest absolute Gasteiger partial charge is 0.404 e. The van der Waals surface area contributed by atoms with Gasteiger partial charge in [-0.15, -0.1) is 0 Å². The first kappa shape index (κ1) is 19.7. The van der Waals surface area contributed by atoms with Crippen molar-refractivity contribution in [3.63, 3.8) is 0 Å². The monoisotopic (exact) mass is 316 g/mol. The van der Waals surface area contributed by atoms with Gasteiger partial charge in [0.15, 0.2) is 0 Å². The third-order valence-corrected chi connectivity index (χ3v) is 2.98. The lowest BCUT2D eigenvalue weighted by Gasteiger charge is -2.22. The number of carbonyl (C=O) groups is 4. The minimum atomic E-state index is -1.20. The second-order valence-electron chi connectivity index (χ2n) is 5.22. The van der Waals surface area contributed by atoms with Gasteiger partial charge in [-0.05, 0) is 19.8 Å². The van der Waals surface area contributed by atoms with E-state index in [1.807, 2.05) is 0 Å². The van der Waals surface area contributed by atoms with Crippen LogP contribution < -0.4 is 21.7 Å². The van der Waals surface area contributed by atoms with Gasteiger partial charge in [-0.1, -0.05) is 6.92 Å². The summed E-state index contributed by atoms with van der Waals surface area (Å²) in [6.45, 7) is 4.67. The van der Waals surface area contributed by atoms with Crippen molar-refractivity contribution in [1.82, 2.24) is 16.0 Å². The molecule has 9 heteroatoms. The number of amides is 4. The van der Waals surface area contributed by atoms with Gasteiger partial charge >= 0.3 is 6.09 Å². The fraction of sp³-hybridized carbons (Fsp3) is 0.692. The quantitative estimate of drug-likeness (QED) is 0.376. The molecule has 0 aromatic heterocycles. The SMILES string of the molecule is CC(=O)N[C@@H](CCNC(=O)O)C(=O)N[C@@H](C)C[C@H](C)C(N)=O. The average Bonchev–Trinajstić information content (AvgIpc) is 2.36. The number of nitrogens with two attached hydrogens (primary N) is 1. The topological polar surface area (TPSA) is 151 Å². The molecule has 3 atom stereocenters. The van der Waals surface area contributed by atoms with Crippen molar-refractivity contribution < 1.29 is 24.3 Å². The first-order valence-electron chi connectivity index (χ1n) is 6.97. The van der Waals surface area contributed by atoms with Crippen LogP contribution in [0.15, 0.2) is 0 Å². The Kier molecular flexibility index (Phi) is 8.58. The molecule has 6 N–H and O–H groups in total. The maximum absolute atomic E-state index is 12.1. The second kappa shape index (κ2) is 9.59. The Hall–Kier alpha value is -2.32. The second-order valence-corrected chi connectivity index (χ2v) is 5.22. The van der Waals surface area contributed by atoms with Gasteiger partial charge < -0.3 is 26.8 Å². The molecule has 0 aliphatic rings. The highest BCUT2D eigenvalue weighted by molar-refractivity contribution is 5.87. The molecule has 0 saturated heterocycles. The minimum Gasteiger partial charge on any atom is -0.465 e. The fourth-order valence-corrected chi connectivity index (χ4v) is 1.89. The molecule has 0 fully saturated rings. The van der Waals surface area contributed by atoms with Crippen LogP contribution in [0.25, 0.3) is 0 Å². The van der Waals surface area contributed by atoms with Crippen molar-refractivity contribution in [1.29, 1.82) is 0 Å². The summed E-state index contributed by atoms with van der Waals surface area (Å²) in [6, 6.07) is -1.16. The van der Waals surface area contributed by atoms with Crippen LogP contribution in [0.2, 0.25) is 0 Å². The van der Waals surface area contributed by atoms with Crippen molar-refractivity contribution in [2.45, 2.75) is 45.7 Å². The molecule has 0 radical (unpaired) electrons. The Morgan fingerprint density at radius 1 is 1.14 bits per heavy atom. The van der Waals surface area contributed by atoms with Gasteiger partial charge in [0.25, 0.3) is 0 Å². The van der Waals surface area contributed by atoms with Crippen molar-refractivity contribution >= 4 is 23.8 Å². The van der Waals surface area contributed by atoms with Gasteiger partial charge in [-0.25, -0.2) is 4.79 Å². The van der Waals surface area contributed by atoms with Gasteiger partial charge in [-0.3, -0.25) is 14.4 Å². The number of hydrogen-bond donors (Lipinski definition) is 5. The van der Waals surface area contributed by atoms with Gasteiger partial charge in [-0.2, -0.15) is 0 Å². The van der Waals surface area contributed by atoms with Crippen molar-refractivity contribution in [2.24, 2.45) is 11.7 Å². The zero-order valence-corrected chi connectivity index (χ0v) is 13.0. The first-order chi connectivity index (χ1) is 10.1. The summed E-state index contributed by atoms with van der Waals surface area (Å²) >= 11 is 0. The van der Waals surface area contributed by atoms with Gasteiger partial charge in [0.2, 0.25) is 17.7 Å². The minimum absolute atomic E-state index is 0.0275. The van der Waals surface area contributed by atoms with Crippen molar-refractivity contribution in [2.75, 3.05) is 6.54 Å². The van der Waals surface area contributed by atoms with Crippen LogP contribution in [-0.2, 0) is 14.4 Å². The fourth-order valence-electron chi connectivity index (χ4n) is 1.89. The number of rotatable bonds is 9. The normalized spacial score (nSPS) is 14.3. The third-order valence-electron chi connectivity index (χ3n) is 2.98. The zero-order valence-electron chi connectivity index (χ0n) is 13.0. The van der Waals surface area contributed by atoms with Crippen LogP contribution >= 0.6 is 0 Å². The van der Waals surface area contributed by atoms with Crippen molar-refractivity contribution in [3.05, 3.63) is 0 Å². The van der Waals surface area contributed by atoms with E-state index in [-0.39, 0.29) is 24.9 Å².